The Bertz CT molecular complexity index is 448. The molecule has 1 aromatic heterocycles. The van der Waals surface area contributed by atoms with E-state index in [-0.39, 0.29) is 17.0 Å². The Labute approximate surface area is 78.8 Å². The van der Waals surface area contributed by atoms with Crippen molar-refractivity contribution in [2.24, 2.45) is 7.05 Å². The van der Waals surface area contributed by atoms with Crippen LogP contribution in [0.3, 0.4) is 0 Å². The molecule has 1 aromatic rings. The monoisotopic (exact) mass is 179 g/mol. The van der Waals surface area contributed by atoms with Crippen molar-refractivity contribution in [3.8, 4) is 0 Å². The third-order valence-electron chi connectivity index (χ3n) is 2.60. The van der Waals surface area contributed by atoms with Crippen molar-refractivity contribution in [2.75, 3.05) is 11.9 Å². The van der Waals surface area contributed by atoms with Gasteiger partial charge in [0.1, 0.15) is 0 Å². The maximum absolute atomic E-state index is 11.6. The summed E-state index contributed by atoms with van der Waals surface area (Å²) in [6.45, 7) is 5.00. The van der Waals surface area contributed by atoms with Crippen molar-refractivity contribution in [3.63, 3.8) is 0 Å². The molecule has 0 unspecified atom stereocenters. The van der Waals surface area contributed by atoms with E-state index in [1.165, 1.54) is 0 Å². The normalized spacial score (nSPS) is 19.2. The van der Waals surface area contributed by atoms with Gasteiger partial charge in [0.15, 0.2) is 0 Å². The molecule has 1 aliphatic heterocycles. The third kappa shape index (κ3) is 1.07. The molecule has 0 spiro atoms. The molecule has 13 heavy (non-hydrogen) atoms. The summed E-state index contributed by atoms with van der Waals surface area (Å²) in [5.41, 5.74) is 1.66. The summed E-state index contributed by atoms with van der Waals surface area (Å²) in [6.07, 6.45) is 0. The Kier molecular flexibility index (Phi) is 1.31. The molecule has 3 heteroatoms. The van der Waals surface area contributed by atoms with E-state index in [0.717, 1.165) is 17.9 Å². The van der Waals surface area contributed by atoms with Crippen LogP contribution in [0.1, 0.15) is 20.9 Å². The van der Waals surface area contributed by atoms with Crippen molar-refractivity contribution in [1.82, 2.24) is 4.57 Å². The van der Waals surface area contributed by atoms with Gasteiger partial charge in [-0.15, -0.1) is 0 Å². The number of rotatable bonds is 0. The highest BCUT2D eigenvalue weighted by Crippen LogP contribution is 2.34. The Morgan fingerprint density at radius 2 is 2.38 bits per heavy atom. The van der Waals surface area contributed by atoms with Crippen LogP contribution in [0, 0.1) is 0 Å². The Morgan fingerprint density at radius 1 is 1.69 bits per heavy atom. The van der Waals surface area contributed by atoms with E-state index in [9.17, 15) is 4.79 Å². The van der Waals surface area contributed by atoms with Crippen LogP contribution in [-0.4, -0.2) is 11.1 Å². The largest absolute Gasteiger partial charge is 0.383 e. The summed E-state index contributed by atoms with van der Waals surface area (Å²) in [5.74, 6) is 0. The lowest BCUT2D eigenvalue weighted by molar-refractivity contribution is 0.536. The lowest BCUT2D eigenvalue weighted by atomic mass is 9.91. The third-order valence-corrected chi connectivity index (χ3v) is 2.60. The van der Waals surface area contributed by atoms with Crippen LogP contribution >= 0.6 is 0 Å². The van der Waals surface area contributed by atoms with E-state index in [1.54, 1.807) is 17.7 Å². The zero-order valence-electron chi connectivity index (χ0n) is 9.14. The molecule has 0 aliphatic carbocycles. The number of hydrogen-bond donors (Lipinski definition) is 1. The van der Waals surface area contributed by atoms with Gasteiger partial charge in [0.05, 0.1) is 12.8 Å². The molecule has 2 rings (SSSR count). The smallest absolute Gasteiger partial charge is 0.250 e. The summed E-state index contributed by atoms with van der Waals surface area (Å²) in [4.78, 5) is 11.6. The fraction of sp³-hybridized carbons (Fsp3) is 0.500. The molecule has 0 fully saturated rings. The molecule has 70 valence electrons. The molecule has 2 heterocycles. The van der Waals surface area contributed by atoms with Gasteiger partial charge in [-0.25, -0.2) is 0 Å². The van der Waals surface area contributed by atoms with Crippen LogP contribution in [0.4, 0.5) is 5.69 Å². The highest BCUT2D eigenvalue weighted by molar-refractivity contribution is 5.56. The summed E-state index contributed by atoms with van der Waals surface area (Å²) in [6, 6.07) is 1.67. The Hall–Kier alpha value is -1.25. The predicted molar refractivity (Wildman–Crippen MR) is 53.2 cm³/mol. The first-order chi connectivity index (χ1) is 6.43. The number of hydrogen-bond acceptors (Lipinski definition) is 2. The van der Waals surface area contributed by atoms with Crippen LogP contribution in [0.5, 0.6) is 0 Å². The number of nitrogens with zero attached hydrogens (tertiary/aromatic N) is 1. The van der Waals surface area contributed by atoms with Crippen LogP contribution in [0.15, 0.2) is 16.9 Å². The molecular weight excluding hydrogens is 164 g/mol. The fourth-order valence-electron chi connectivity index (χ4n) is 1.93. The molecule has 1 aliphatic rings. The molecule has 0 saturated carbocycles. The number of aromatic nitrogens is 1. The molecule has 0 aromatic carbocycles. The first-order valence-electron chi connectivity index (χ1n) is 4.88. The maximum Gasteiger partial charge on any atom is 0.250 e. The molecule has 0 saturated heterocycles. The van der Waals surface area contributed by atoms with Gasteiger partial charge in [-0.3, -0.25) is 4.79 Å². The summed E-state index contributed by atoms with van der Waals surface area (Å²) >= 11 is 0. The van der Waals surface area contributed by atoms with Crippen molar-refractivity contribution in [2.45, 2.75) is 19.3 Å². The van der Waals surface area contributed by atoms with Crippen LogP contribution in [0.2, 0.25) is 0 Å². The first-order valence-corrected chi connectivity index (χ1v) is 4.38. The quantitative estimate of drug-likeness (QED) is 0.647. The van der Waals surface area contributed by atoms with Gasteiger partial charge in [0.2, 0.25) is 0 Å². The predicted octanol–water partition coefficient (Wildman–Crippen LogP) is 1.09. The summed E-state index contributed by atoms with van der Waals surface area (Å²) in [7, 11) is 1.73. The fourth-order valence-corrected chi connectivity index (χ4v) is 1.93. The van der Waals surface area contributed by atoms with E-state index in [1.807, 2.05) is 0 Å². The van der Waals surface area contributed by atoms with E-state index < -0.39 is 0 Å². The minimum Gasteiger partial charge on any atom is -0.383 e. The van der Waals surface area contributed by atoms with Gasteiger partial charge in [0.25, 0.3) is 5.56 Å². The molecule has 0 radical (unpaired) electrons. The molecule has 1 N–H and O–H groups in total. The molecule has 3 nitrogen and oxygen atoms in total. The lowest BCUT2D eigenvalue weighted by Crippen LogP contribution is -2.27. The van der Waals surface area contributed by atoms with Gasteiger partial charge in [-0.05, 0) is 6.07 Å². The van der Waals surface area contributed by atoms with Gasteiger partial charge >= 0.3 is 0 Å². The standard InChI is InChI=1S/C10H14N2O/c1-10(2)6-11-7-4-5-8(13)12(3)9(7)10/h4-5,11H,6H2,1-3H3/i5D. The van der Waals surface area contributed by atoms with Gasteiger partial charge in [-0.1, -0.05) is 13.8 Å². The molecule has 0 amide bonds. The Balaban J connectivity index is 2.79. The van der Waals surface area contributed by atoms with E-state index in [0.29, 0.717) is 0 Å². The summed E-state index contributed by atoms with van der Waals surface area (Å²) < 4.78 is 9.07. The summed E-state index contributed by atoms with van der Waals surface area (Å²) in [5, 5.41) is 3.22. The van der Waals surface area contributed by atoms with Crippen molar-refractivity contribution < 1.29 is 1.37 Å². The van der Waals surface area contributed by atoms with Gasteiger partial charge in [0, 0.05) is 25.0 Å². The second kappa shape index (κ2) is 2.37. The molecular formula is C10H14N2O. The zero-order valence-corrected chi connectivity index (χ0v) is 8.14. The molecule has 0 atom stereocenters. The van der Waals surface area contributed by atoms with Crippen molar-refractivity contribution >= 4 is 5.69 Å². The molecule has 0 bridgehead atoms. The number of nitrogens with one attached hydrogen (secondary N) is 1. The topological polar surface area (TPSA) is 34.0 Å². The highest BCUT2D eigenvalue weighted by Gasteiger charge is 2.31. The van der Waals surface area contributed by atoms with Crippen molar-refractivity contribution in [1.29, 1.82) is 0 Å². The number of anilines is 1. The van der Waals surface area contributed by atoms with E-state index in [2.05, 4.69) is 19.2 Å². The minimum absolute atomic E-state index is 0.0308. The number of fused-ring (bicyclic) bond motifs is 1. The van der Waals surface area contributed by atoms with E-state index >= 15 is 0 Å². The SMILES string of the molecule is [2H]c1cc2c(n(C)c1=O)C(C)(C)CN2. The Morgan fingerprint density at radius 3 is 3.08 bits per heavy atom. The second-order valence-electron chi connectivity index (χ2n) is 4.15. The van der Waals surface area contributed by atoms with Crippen molar-refractivity contribution in [3.05, 3.63) is 28.2 Å². The average molecular weight is 179 g/mol. The van der Waals surface area contributed by atoms with E-state index in [4.69, 9.17) is 1.37 Å². The van der Waals surface area contributed by atoms with Crippen LogP contribution in [-0.2, 0) is 12.5 Å². The highest BCUT2D eigenvalue weighted by atomic mass is 16.1. The van der Waals surface area contributed by atoms with Gasteiger partial charge in [-0.2, -0.15) is 0 Å². The second-order valence-corrected chi connectivity index (χ2v) is 4.15. The maximum atomic E-state index is 11.6. The minimum atomic E-state index is -0.222. The first kappa shape index (κ1) is 7.18. The average Bonchev–Trinajstić information content (AvgIpc) is 2.38. The van der Waals surface area contributed by atoms with Crippen LogP contribution < -0.4 is 10.9 Å². The number of pyridine rings is 1. The zero-order chi connectivity index (χ0) is 10.5. The van der Waals surface area contributed by atoms with Gasteiger partial charge < -0.3 is 9.88 Å². The van der Waals surface area contributed by atoms with Crippen LogP contribution in [0.25, 0.3) is 0 Å². The lowest BCUT2D eigenvalue weighted by Gasteiger charge is -2.19.